The Balaban J connectivity index is 1.68. The zero-order chi connectivity index (χ0) is 24.7. The van der Waals surface area contributed by atoms with Gasteiger partial charge in [0.15, 0.2) is 5.79 Å². The molecule has 9 heteroatoms. The van der Waals surface area contributed by atoms with Crippen LogP contribution in [0.2, 0.25) is 5.02 Å². The number of carbonyl (C=O) groups is 2. The van der Waals surface area contributed by atoms with Crippen LogP contribution in [0.3, 0.4) is 0 Å². The second-order valence-electron chi connectivity index (χ2n) is 9.76. The molecule has 2 aliphatic rings. The molecule has 1 saturated heterocycles. The fourth-order valence-corrected chi connectivity index (χ4v) is 5.45. The number of halogens is 1. The number of rotatable bonds is 5. The highest BCUT2D eigenvalue weighted by molar-refractivity contribution is 7.18. The van der Waals surface area contributed by atoms with Gasteiger partial charge in [-0.05, 0) is 49.4 Å². The lowest BCUT2D eigenvalue weighted by atomic mass is 9.85. The van der Waals surface area contributed by atoms with Crippen molar-refractivity contribution in [1.29, 1.82) is 0 Å². The van der Waals surface area contributed by atoms with Gasteiger partial charge in [0.25, 0.3) is 11.8 Å². The first-order valence-electron chi connectivity index (χ1n) is 11.0. The third kappa shape index (κ3) is 5.23. The van der Waals surface area contributed by atoms with E-state index in [0.29, 0.717) is 57.8 Å². The van der Waals surface area contributed by atoms with Crippen LogP contribution < -0.4 is 16.0 Å². The molecule has 4 rings (SSSR count). The van der Waals surface area contributed by atoms with Crippen LogP contribution in [-0.2, 0) is 15.9 Å². The standard InChI is InChI=1S/C25H28ClN3O4S/c1-6-14-7-8-18(17(26)9-14)29-23-19(21(30)27-11-15-12-32-25(4,5)33-15)16-10-24(2,3)13-28-22(31)20(16)34-23/h1,7-9,15,29H,10-13H2,2-5H3,(H,27,30)(H,28,31). The maximum atomic E-state index is 13.5. The van der Waals surface area contributed by atoms with E-state index < -0.39 is 5.79 Å². The summed E-state index contributed by atoms with van der Waals surface area (Å²) in [5.74, 6) is 1.41. The lowest BCUT2D eigenvalue weighted by Gasteiger charge is -2.23. The molecule has 0 spiro atoms. The Morgan fingerprint density at radius 1 is 1.35 bits per heavy atom. The van der Waals surface area contributed by atoms with Gasteiger partial charge in [-0.15, -0.1) is 17.8 Å². The Labute approximate surface area is 208 Å². The number of terminal acetylenes is 1. The quantitative estimate of drug-likeness (QED) is 0.531. The summed E-state index contributed by atoms with van der Waals surface area (Å²) in [6.07, 6.45) is 5.78. The van der Waals surface area contributed by atoms with Crippen molar-refractivity contribution >= 4 is 45.4 Å². The molecular formula is C25H28ClN3O4S. The molecule has 1 unspecified atom stereocenters. The fourth-order valence-electron chi connectivity index (χ4n) is 4.07. The molecule has 1 fully saturated rings. The molecule has 2 amide bonds. The van der Waals surface area contributed by atoms with Crippen LogP contribution in [0.5, 0.6) is 0 Å². The number of fused-ring (bicyclic) bond motifs is 1. The minimum absolute atomic E-state index is 0.185. The first kappa shape index (κ1) is 24.6. The highest BCUT2D eigenvalue weighted by Crippen LogP contribution is 2.41. The number of thiophene rings is 1. The SMILES string of the molecule is C#Cc1ccc(Nc2sc3c(c2C(=O)NCC2COC(C)(C)O2)CC(C)(C)CNC3=O)c(Cl)c1. The van der Waals surface area contributed by atoms with Crippen LogP contribution in [0.15, 0.2) is 18.2 Å². The van der Waals surface area contributed by atoms with Crippen molar-refractivity contribution in [3.63, 3.8) is 0 Å². The van der Waals surface area contributed by atoms with Gasteiger partial charge >= 0.3 is 0 Å². The van der Waals surface area contributed by atoms with Gasteiger partial charge in [-0.2, -0.15) is 0 Å². The first-order chi connectivity index (χ1) is 16.0. The molecule has 1 aromatic carbocycles. The van der Waals surface area contributed by atoms with Gasteiger partial charge in [0.2, 0.25) is 0 Å². The minimum Gasteiger partial charge on any atom is -0.351 e. The Hall–Kier alpha value is -2.57. The number of nitrogens with one attached hydrogen (secondary N) is 3. The molecule has 0 saturated carbocycles. The molecule has 2 aromatic rings. The van der Waals surface area contributed by atoms with Gasteiger partial charge in [-0.25, -0.2) is 0 Å². The van der Waals surface area contributed by atoms with E-state index in [-0.39, 0.29) is 23.3 Å². The molecule has 0 aliphatic carbocycles. The first-order valence-corrected chi connectivity index (χ1v) is 12.2. The van der Waals surface area contributed by atoms with Gasteiger partial charge in [-0.1, -0.05) is 31.4 Å². The van der Waals surface area contributed by atoms with Crippen LogP contribution in [-0.4, -0.2) is 43.4 Å². The van der Waals surface area contributed by atoms with Crippen LogP contribution in [0.25, 0.3) is 0 Å². The smallest absolute Gasteiger partial charge is 0.261 e. The van der Waals surface area contributed by atoms with E-state index in [4.69, 9.17) is 27.5 Å². The number of hydrogen-bond donors (Lipinski definition) is 3. The molecule has 3 heterocycles. The lowest BCUT2D eigenvalue weighted by molar-refractivity contribution is -0.137. The van der Waals surface area contributed by atoms with Gasteiger partial charge in [0.05, 0.1) is 27.8 Å². The molecule has 7 nitrogen and oxygen atoms in total. The highest BCUT2D eigenvalue weighted by Gasteiger charge is 2.36. The number of benzene rings is 1. The Bertz CT molecular complexity index is 1180. The Morgan fingerprint density at radius 3 is 2.76 bits per heavy atom. The number of hydrogen-bond acceptors (Lipinski definition) is 6. The molecule has 2 aliphatic heterocycles. The topological polar surface area (TPSA) is 88.7 Å². The molecule has 180 valence electrons. The second-order valence-corrected chi connectivity index (χ2v) is 11.2. The Morgan fingerprint density at radius 2 is 2.12 bits per heavy atom. The normalized spacial score (nSPS) is 20.6. The maximum absolute atomic E-state index is 13.5. The van der Waals surface area contributed by atoms with Crippen molar-refractivity contribution in [2.75, 3.05) is 25.0 Å². The zero-order valence-corrected chi connectivity index (χ0v) is 21.2. The van der Waals surface area contributed by atoms with Gasteiger partial charge in [-0.3, -0.25) is 9.59 Å². The summed E-state index contributed by atoms with van der Waals surface area (Å²) in [5.41, 5.74) is 2.20. The average Bonchev–Trinajstić information content (AvgIpc) is 3.27. The summed E-state index contributed by atoms with van der Waals surface area (Å²) in [6.45, 7) is 9.02. The van der Waals surface area contributed by atoms with Crippen molar-refractivity contribution in [3.05, 3.63) is 44.8 Å². The van der Waals surface area contributed by atoms with E-state index in [1.807, 2.05) is 13.8 Å². The summed E-state index contributed by atoms with van der Waals surface area (Å²) in [4.78, 5) is 26.9. The largest absolute Gasteiger partial charge is 0.351 e. The van der Waals surface area contributed by atoms with Crippen molar-refractivity contribution < 1.29 is 19.1 Å². The highest BCUT2D eigenvalue weighted by atomic mass is 35.5. The van der Waals surface area contributed by atoms with E-state index in [2.05, 4.69) is 35.7 Å². The van der Waals surface area contributed by atoms with Gasteiger partial charge in [0, 0.05) is 18.7 Å². The molecule has 0 bridgehead atoms. The van der Waals surface area contributed by atoms with E-state index >= 15 is 0 Å². The van der Waals surface area contributed by atoms with Crippen LogP contribution >= 0.6 is 22.9 Å². The third-order valence-corrected chi connectivity index (χ3v) is 7.22. The van der Waals surface area contributed by atoms with Gasteiger partial charge < -0.3 is 25.4 Å². The van der Waals surface area contributed by atoms with Gasteiger partial charge in [0.1, 0.15) is 11.1 Å². The minimum atomic E-state index is -0.676. The van der Waals surface area contributed by atoms with Crippen LogP contribution in [0, 0.1) is 17.8 Å². The summed E-state index contributed by atoms with van der Waals surface area (Å²) in [6, 6.07) is 5.21. The number of ether oxygens (including phenoxy) is 2. The van der Waals surface area contributed by atoms with E-state index in [9.17, 15) is 9.59 Å². The summed E-state index contributed by atoms with van der Waals surface area (Å²) in [7, 11) is 0. The molecule has 1 aromatic heterocycles. The monoisotopic (exact) mass is 501 g/mol. The van der Waals surface area contributed by atoms with Crippen molar-refractivity contribution in [2.24, 2.45) is 5.41 Å². The van der Waals surface area contributed by atoms with Crippen molar-refractivity contribution in [2.45, 2.75) is 46.0 Å². The number of amides is 2. The molecule has 0 radical (unpaired) electrons. The summed E-state index contributed by atoms with van der Waals surface area (Å²) >= 11 is 7.67. The zero-order valence-electron chi connectivity index (χ0n) is 19.6. The third-order valence-electron chi connectivity index (χ3n) is 5.76. The summed E-state index contributed by atoms with van der Waals surface area (Å²) in [5, 5.41) is 10.2. The molecule has 34 heavy (non-hydrogen) atoms. The average molecular weight is 502 g/mol. The predicted octanol–water partition coefficient (Wildman–Crippen LogP) is 4.32. The van der Waals surface area contributed by atoms with Crippen molar-refractivity contribution in [1.82, 2.24) is 10.6 Å². The van der Waals surface area contributed by atoms with Crippen LogP contribution in [0.4, 0.5) is 10.7 Å². The second kappa shape index (κ2) is 9.23. The number of anilines is 2. The van der Waals surface area contributed by atoms with E-state index in [1.54, 1.807) is 18.2 Å². The Kier molecular flexibility index (Phi) is 6.67. The number of carbonyl (C=O) groups excluding carboxylic acids is 2. The maximum Gasteiger partial charge on any atom is 0.261 e. The van der Waals surface area contributed by atoms with E-state index in [0.717, 1.165) is 5.56 Å². The predicted molar refractivity (Wildman–Crippen MR) is 134 cm³/mol. The van der Waals surface area contributed by atoms with E-state index in [1.165, 1.54) is 11.3 Å². The molecule has 1 atom stereocenters. The summed E-state index contributed by atoms with van der Waals surface area (Å²) < 4.78 is 11.4. The fraction of sp³-hybridized carbons (Fsp3) is 0.440. The van der Waals surface area contributed by atoms with Crippen LogP contribution in [0.1, 0.15) is 58.9 Å². The molecular weight excluding hydrogens is 474 g/mol. The molecule has 3 N–H and O–H groups in total. The lowest BCUT2D eigenvalue weighted by Crippen LogP contribution is -2.35. The van der Waals surface area contributed by atoms with Crippen molar-refractivity contribution in [3.8, 4) is 12.3 Å².